The molecule has 1 nitrogen and oxygen atoms in total. The zero-order valence-corrected chi connectivity index (χ0v) is 11.2. The van der Waals surface area contributed by atoms with E-state index < -0.39 is 0 Å². The Morgan fingerprint density at radius 3 is 2.00 bits per heavy atom. The van der Waals surface area contributed by atoms with Crippen LogP contribution in [-0.4, -0.2) is 12.7 Å². The van der Waals surface area contributed by atoms with Crippen LogP contribution in [0.1, 0.15) is 30.9 Å². The monoisotopic (exact) mass is 250 g/mol. The summed E-state index contributed by atoms with van der Waals surface area (Å²) in [4.78, 5) is 0. The summed E-state index contributed by atoms with van der Waals surface area (Å²) in [6, 6.07) is 17.8. The lowest BCUT2D eigenvalue weighted by Gasteiger charge is -2.30. The van der Waals surface area contributed by atoms with Crippen LogP contribution in [0.2, 0.25) is 0 Å². The van der Waals surface area contributed by atoms with E-state index >= 15 is 0 Å². The summed E-state index contributed by atoms with van der Waals surface area (Å²) in [6.07, 6.45) is 2.72. The highest BCUT2D eigenvalue weighted by atomic mass is 16.6. The van der Waals surface area contributed by atoms with Crippen molar-refractivity contribution >= 4 is 0 Å². The van der Waals surface area contributed by atoms with Gasteiger partial charge >= 0.3 is 0 Å². The molecule has 2 aromatic carbocycles. The number of epoxide rings is 1. The molecule has 0 spiro atoms. The molecule has 1 aliphatic heterocycles. The molecule has 19 heavy (non-hydrogen) atoms. The van der Waals surface area contributed by atoms with Crippen LogP contribution in [0.4, 0.5) is 0 Å². The summed E-state index contributed by atoms with van der Waals surface area (Å²) in [5, 5.41) is 0. The lowest BCUT2D eigenvalue weighted by Crippen LogP contribution is -2.26. The molecule has 0 saturated carbocycles. The molecule has 0 aromatic heterocycles. The molecule has 1 heterocycles. The molecule has 0 amide bonds. The summed E-state index contributed by atoms with van der Waals surface area (Å²) >= 11 is 0. The molecule has 1 aliphatic carbocycles. The fraction of sp³-hybridized carbons (Fsp3) is 0.333. The van der Waals surface area contributed by atoms with E-state index in [4.69, 9.17) is 4.74 Å². The third kappa shape index (κ3) is 1.51. The molecular weight excluding hydrogens is 232 g/mol. The SMILES string of the molecule is CCC1(CC2CO2)c2ccccc2-c2ccccc21. The predicted molar refractivity (Wildman–Crippen MR) is 77.3 cm³/mol. The molecule has 2 aliphatic rings. The van der Waals surface area contributed by atoms with Gasteiger partial charge in [-0.15, -0.1) is 0 Å². The van der Waals surface area contributed by atoms with Gasteiger partial charge in [-0.3, -0.25) is 0 Å². The average Bonchev–Trinajstić information content (AvgIpc) is 3.24. The normalized spacial score (nSPS) is 21.8. The van der Waals surface area contributed by atoms with Gasteiger partial charge in [0.1, 0.15) is 0 Å². The van der Waals surface area contributed by atoms with Gasteiger partial charge in [-0.25, -0.2) is 0 Å². The molecule has 4 rings (SSSR count). The van der Waals surface area contributed by atoms with Crippen LogP contribution in [0.25, 0.3) is 11.1 Å². The first-order chi connectivity index (χ1) is 9.35. The topological polar surface area (TPSA) is 12.5 Å². The Hall–Kier alpha value is -1.60. The Bertz CT molecular complexity index is 580. The summed E-state index contributed by atoms with van der Waals surface area (Å²) < 4.78 is 5.53. The maximum absolute atomic E-state index is 5.53. The molecular formula is C18H18O. The van der Waals surface area contributed by atoms with Crippen LogP contribution in [0.3, 0.4) is 0 Å². The van der Waals surface area contributed by atoms with Crippen LogP contribution in [-0.2, 0) is 10.2 Å². The highest BCUT2D eigenvalue weighted by molar-refractivity contribution is 5.81. The van der Waals surface area contributed by atoms with Crippen molar-refractivity contribution in [3.05, 3.63) is 59.7 Å². The van der Waals surface area contributed by atoms with Crippen LogP contribution < -0.4 is 0 Å². The number of ether oxygens (including phenoxy) is 1. The maximum atomic E-state index is 5.53. The standard InChI is InChI=1S/C18H18O/c1-2-18(11-13-12-19-13)16-9-5-3-7-14(16)15-8-4-6-10-17(15)18/h3-10,13H,2,11-12H2,1H3. The van der Waals surface area contributed by atoms with Crippen molar-refractivity contribution in [1.82, 2.24) is 0 Å². The van der Waals surface area contributed by atoms with Crippen molar-refractivity contribution in [1.29, 1.82) is 0 Å². The van der Waals surface area contributed by atoms with Gasteiger partial charge in [-0.05, 0) is 35.1 Å². The minimum atomic E-state index is 0.161. The van der Waals surface area contributed by atoms with Gasteiger partial charge in [0, 0.05) is 5.41 Å². The van der Waals surface area contributed by atoms with Crippen molar-refractivity contribution in [3.8, 4) is 11.1 Å². The quantitative estimate of drug-likeness (QED) is 0.745. The number of hydrogen-bond donors (Lipinski definition) is 0. The van der Waals surface area contributed by atoms with E-state index in [2.05, 4.69) is 55.5 Å². The second-order valence-electron chi connectivity index (χ2n) is 5.69. The minimum absolute atomic E-state index is 0.161. The van der Waals surface area contributed by atoms with E-state index in [1.165, 1.54) is 22.3 Å². The first-order valence-corrected chi connectivity index (χ1v) is 7.16. The zero-order chi connectivity index (χ0) is 12.9. The van der Waals surface area contributed by atoms with E-state index in [0.29, 0.717) is 6.10 Å². The van der Waals surface area contributed by atoms with Crippen molar-refractivity contribution in [2.45, 2.75) is 31.3 Å². The van der Waals surface area contributed by atoms with Crippen LogP contribution in [0.5, 0.6) is 0 Å². The van der Waals surface area contributed by atoms with Crippen LogP contribution in [0, 0.1) is 0 Å². The van der Waals surface area contributed by atoms with Crippen molar-refractivity contribution in [2.24, 2.45) is 0 Å². The highest BCUT2D eigenvalue weighted by Crippen LogP contribution is 2.53. The van der Waals surface area contributed by atoms with Gasteiger partial charge in [-0.1, -0.05) is 55.5 Å². The fourth-order valence-electron chi connectivity index (χ4n) is 3.74. The van der Waals surface area contributed by atoms with Crippen molar-refractivity contribution < 1.29 is 4.74 Å². The van der Waals surface area contributed by atoms with E-state index in [0.717, 1.165) is 19.4 Å². The summed E-state index contributed by atoms with van der Waals surface area (Å²) in [7, 11) is 0. The van der Waals surface area contributed by atoms with Gasteiger partial charge in [-0.2, -0.15) is 0 Å². The second-order valence-corrected chi connectivity index (χ2v) is 5.69. The Morgan fingerprint density at radius 1 is 1.00 bits per heavy atom. The predicted octanol–water partition coefficient (Wildman–Crippen LogP) is 4.15. The molecule has 1 atom stereocenters. The Balaban J connectivity index is 1.98. The fourth-order valence-corrected chi connectivity index (χ4v) is 3.74. The van der Waals surface area contributed by atoms with Crippen LogP contribution >= 0.6 is 0 Å². The smallest absolute Gasteiger partial charge is 0.0821 e. The summed E-state index contributed by atoms with van der Waals surface area (Å²) in [5.41, 5.74) is 5.98. The number of hydrogen-bond acceptors (Lipinski definition) is 1. The molecule has 0 radical (unpaired) electrons. The van der Waals surface area contributed by atoms with E-state index in [-0.39, 0.29) is 5.41 Å². The Morgan fingerprint density at radius 2 is 1.53 bits per heavy atom. The molecule has 2 aromatic rings. The van der Waals surface area contributed by atoms with Crippen LogP contribution in [0.15, 0.2) is 48.5 Å². The molecule has 1 fully saturated rings. The third-order valence-electron chi connectivity index (χ3n) is 4.76. The third-order valence-corrected chi connectivity index (χ3v) is 4.76. The summed E-state index contributed by atoms with van der Waals surface area (Å²) in [5.74, 6) is 0. The van der Waals surface area contributed by atoms with E-state index in [1.807, 2.05) is 0 Å². The molecule has 1 saturated heterocycles. The molecule has 1 unspecified atom stereocenters. The number of benzene rings is 2. The van der Waals surface area contributed by atoms with E-state index in [1.54, 1.807) is 0 Å². The van der Waals surface area contributed by atoms with Crippen molar-refractivity contribution in [2.75, 3.05) is 6.61 Å². The largest absolute Gasteiger partial charge is 0.373 e. The molecule has 96 valence electrons. The lowest BCUT2D eigenvalue weighted by molar-refractivity contribution is 0.343. The van der Waals surface area contributed by atoms with Gasteiger partial charge < -0.3 is 4.74 Å². The Labute approximate surface area is 114 Å². The highest BCUT2D eigenvalue weighted by Gasteiger charge is 2.45. The van der Waals surface area contributed by atoms with Gasteiger partial charge in [0.15, 0.2) is 0 Å². The first kappa shape index (κ1) is 11.2. The van der Waals surface area contributed by atoms with Gasteiger partial charge in [0.2, 0.25) is 0 Å². The maximum Gasteiger partial charge on any atom is 0.0821 e. The zero-order valence-electron chi connectivity index (χ0n) is 11.2. The number of rotatable bonds is 3. The molecule has 0 N–H and O–H groups in total. The lowest BCUT2D eigenvalue weighted by atomic mass is 9.72. The first-order valence-electron chi connectivity index (χ1n) is 7.16. The Kier molecular flexibility index (Phi) is 2.33. The van der Waals surface area contributed by atoms with Gasteiger partial charge in [0.25, 0.3) is 0 Å². The van der Waals surface area contributed by atoms with E-state index in [9.17, 15) is 0 Å². The average molecular weight is 250 g/mol. The minimum Gasteiger partial charge on any atom is -0.373 e. The molecule has 0 bridgehead atoms. The van der Waals surface area contributed by atoms with Crippen molar-refractivity contribution in [3.63, 3.8) is 0 Å². The summed E-state index contributed by atoms with van der Waals surface area (Å²) in [6.45, 7) is 3.24. The van der Waals surface area contributed by atoms with Gasteiger partial charge in [0.05, 0.1) is 12.7 Å². The second kappa shape index (κ2) is 3.94. The number of fused-ring (bicyclic) bond motifs is 3. The molecule has 1 heteroatoms.